The zero-order chi connectivity index (χ0) is 23.1. The van der Waals surface area contributed by atoms with Crippen LogP contribution >= 0.6 is 12.2 Å². The fraction of sp³-hybridized carbons (Fsp3) is 0.259. The van der Waals surface area contributed by atoms with Crippen LogP contribution in [-0.2, 0) is 0 Å². The smallest absolute Gasteiger partial charge is 0.343 e. The molecule has 2 atom stereocenters. The Labute approximate surface area is 199 Å². The van der Waals surface area contributed by atoms with Gasteiger partial charge in [-0.25, -0.2) is 4.79 Å². The first-order valence-electron chi connectivity index (χ1n) is 11.1. The van der Waals surface area contributed by atoms with Crippen molar-refractivity contribution in [1.82, 2.24) is 10.6 Å². The number of nitrogens with one attached hydrogen (secondary N) is 2. The van der Waals surface area contributed by atoms with Crippen LogP contribution in [0.25, 0.3) is 0 Å². The maximum Gasteiger partial charge on any atom is 0.343 e. The van der Waals surface area contributed by atoms with Crippen molar-refractivity contribution in [3.05, 3.63) is 95.6 Å². The van der Waals surface area contributed by atoms with Crippen LogP contribution in [0.1, 0.15) is 54.1 Å². The van der Waals surface area contributed by atoms with E-state index < -0.39 is 11.7 Å². The Morgan fingerprint density at radius 3 is 2.39 bits per heavy atom. The summed E-state index contributed by atoms with van der Waals surface area (Å²) >= 11 is 5.53. The molecule has 2 N–H and O–H groups in total. The molecule has 0 aromatic heterocycles. The third-order valence-corrected chi connectivity index (χ3v) is 6.35. The van der Waals surface area contributed by atoms with Gasteiger partial charge in [0.2, 0.25) is 0 Å². The van der Waals surface area contributed by atoms with Crippen molar-refractivity contribution in [1.29, 1.82) is 0 Å². The van der Waals surface area contributed by atoms with Gasteiger partial charge in [0.25, 0.3) is 0 Å². The molecule has 2 heterocycles. The lowest BCUT2D eigenvalue weighted by molar-refractivity contribution is -0.0128. The Morgan fingerprint density at radius 2 is 1.70 bits per heavy atom. The van der Waals surface area contributed by atoms with Crippen molar-refractivity contribution < 1.29 is 14.3 Å². The standard InChI is InChI=1S/C27H26N2O3S/c1-26(2)17-27(29-25(33)28-26)16-22(18-9-5-3-6-10-18)21-14-13-20(15-23(21)32-27)31-24(30)19-11-7-4-8-12-19/h3-15,22H,16-17H2,1-2H3,(H2,28,29,33). The molecule has 1 spiro atoms. The summed E-state index contributed by atoms with van der Waals surface area (Å²) < 4.78 is 12.3. The number of hydrogen-bond donors (Lipinski definition) is 2. The van der Waals surface area contributed by atoms with Crippen LogP contribution < -0.4 is 20.1 Å². The lowest BCUT2D eigenvalue weighted by Crippen LogP contribution is -2.69. The van der Waals surface area contributed by atoms with E-state index in [1.807, 2.05) is 42.5 Å². The maximum absolute atomic E-state index is 12.6. The fourth-order valence-electron chi connectivity index (χ4n) is 4.90. The van der Waals surface area contributed by atoms with Gasteiger partial charge in [0.1, 0.15) is 11.5 Å². The van der Waals surface area contributed by atoms with E-state index in [2.05, 4.69) is 48.7 Å². The van der Waals surface area contributed by atoms with Crippen molar-refractivity contribution in [3.8, 4) is 11.5 Å². The molecule has 3 aromatic carbocycles. The van der Waals surface area contributed by atoms with E-state index in [4.69, 9.17) is 21.7 Å². The summed E-state index contributed by atoms with van der Waals surface area (Å²) in [7, 11) is 0. The Hall–Kier alpha value is -3.38. The predicted octanol–water partition coefficient (Wildman–Crippen LogP) is 5.16. The van der Waals surface area contributed by atoms with Gasteiger partial charge >= 0.3 is 5.97 Å². The number of carbonyl (C=O) groups excluding carboxylic acids is 1. The monoisotopic (exact) mass is 458 g/mol. The zero-order valence-corrected chi connectivity index (χ0v) is 19.4. The Morgan fingerprint density at radius 1 is 1.00 bits per heavy atom. The molecular weight excluding hydrogens is 432 g/mol. The molecule has 1 saturated heterocycles. The number of rotatable bonds is 3. The Bertz CT molecular complexity index is 1200. The minimum atomic E-state index is -0.665. The number of esters is 1. The van der Waals surface area contributed by atoms with Gasteiger partial charge in [-0.2, -0.15) is 0 Å². The molecule has 1 fully saturated rings. The second-order valence-corrected chi connectivity index (χ2v) is 9.77. The second-order valence-electron chi connectivity index (χ2n) is 9.36. The zero-order valence-electron chi connectivity index (χ0n) is 18.6. The van der Waals surface area contributed by atoms with Gasteiger partial charge in [-0.15, -0.1) is 0 Å². The van der Waals surface area contributed by atoms with E-state index in [1.165, 1.54) is 5.56 Å². The van der Waals surface area contributed by atoms with Crippen LogP contribution in [0.5, 0.6) is 11.5 Å². The molecule has 0 bridgehead atoms. The van der Waals surface area contributed by atoms with Gasteiger partial charge < -0.3 is 20.1 Å². The molecule has 0 saturated carbocycles. The van der Waals surface area contributed by atoms with Crippen LogP contribution in [0.4, 0.5) is 0 Å². The molecule has 0 aliphatic carbocycles. The second kappa shape index (κ2) is 8.19. The molecule has 33 heavy (non-hydrogen) atoms. The minimum absolute atomic E-state index is 0.109. The number of ether oxygens (including phenoxy) is 2. The predicted molar refractivity (Wildman–Crippen MR) is 132 cm³/mol. The van der Waals surface area contributed by atoms with Crippen LogP contribution in [0.2, 0.25) is 0 Å². The van der Waals surface area contributed by atoms with Crippen LogP contribution in [-0.4, -0.2) is 22.3 Å². The van der Waals surface area contributed by atoms with Crippen LogP contribution in [0.3, 0.4) is 0 Å². The lowest BCUT2D eigenvalue weighted by atomic mass is 9.77. The summed E-state index contributed by atoms with van der Waals surface area (Å²) in [5.41, 5.74) is 1.89. The number of thiocarbonyl (C=S) groups is 1. The molecule has 6 heteroatoms. The van der Waals surface area contributed by atoms with Crippen LogP contribution in [0, 0.1) is 0 Å². The first-order chi connectivity index (χ1) is 15.8. The normalized spacial score (nSPS) is 23.0. The Kier molecular flexibility index (Phi) is 5.33. The number of carbonyl (C=O) groups is 1. The lowest BCUT2D eigenvalue weighted by Gasteiger charge is -2.50. The number of benzene rings is 3. The van der Waals surface area contributed by atoms with Crippen molar-refractivity contribution in [3.63, 3.8) is 0 Å². The maximum atomic E-state index is 12.6. The molecule has 0 radical (unpaired) electrons. The van der Waals surface area contributed by atoms with E-state index in [1.54, 1.807) is 12.1 Å². The van der Waals surface area contributed by atoms with Crippen molar-refractivity contribution in [2.24, 2.45) is 0 Å². The summed E-state index contributed by atoms with van der Waals surface area (Å²) in [5.74, 6) is 0.852. The molecule has 2 aliphatic rings. The van der Waals surface area contributed by atoms with Gasteiger partial charge in [-0.3, -0.25) is 0 Å². The van der Waals surface area contributed by atoms with E-state index in [-0.39, 0.29) is 11.5 Å². The third-order valence-electron chi connectivity index (χ3n) is 6.14. The van der Waals surface area contributed by atoms with Crippen molar-refractivity contribution >= 4 is 23.3 Å². The van der Waals surface area contributed by atoms with Crippen LogP contribution in [0.15, 0.2) is 78.9 Å². The first-order valence-corrected chi connectivity index (χ1v) is 11.5. The average Bonchev–Trinajstić information content (AvgIpc) is 2.78. The summed E-state index contributed by atoms with van der Waals surface area (Å²) in [5, 5.41) is 7.31. The first kappa shape index (κ1) is 21.5. The molecule has 2 unspecified atom stereocenters. The van der Waals surface area contributed by atoms with Gasteiger partial charge in [-0.05, 0) is 49.8 Å². The van der Waals surface area contributed by atoms with Crippen molar-refractivity contribution in [2.45, 2.75) is 43.9 Å². The third kappa shape index (κ3) is 4.44. The van der Waals surface area contributed by atoms with E-state index in [0.717, 1.165) is 18.4 Å². The topological polar surface area (TPSA) is 59.6 Å². The summed E-state index contributed by atoms with van der Waals surface area (Å²) in [6.07, 6.45) is 1.45. The highest BCUT2D eigenvalue weighted by Crippen LogP contribution is 2.47. The van der Waals surface area contributed by atoms with Gasteiger partial charge in [0, 0.05) is 35.9 Å². The molecule has 5 nitrogen and oxygen atoms in total. The summed E-state index contributed by atoms with van der Waals surface area (Å²) in [6, 6.07) is 25.0. The molecule has 3 aromatic rings. The number of hydrogen-bond acceptors (Lipinski definition) is 4. The quantitative estimate of drug-likeness (QED) is 0.321. The minimum Gasteiger partial charge on any atom is -0.468 e. The van der Waals surface area contributed by atoms with E-state index >= 15 is 0 Å². The van der Waals surface area contributed by atoms with Gasteiger partial charge in [0.15, 0.2) is 10.8 Å². The molecule has 168 valence electrons. The SMILES string of the molecule is CC1(C)CC2(CC(c3ccccc3)c3ccc(OC(=O)c4ccccc4)cc3O2)NC(=S)N1. The van der Waals surface area contributed by atoms with E-state index in [9.17, 15) is 4.79 Å². The summed E-state index contributed by atoms with van der Waals surface area (Å²) in [4.78, 5) is 12.6. The van der Waals surface area contributed by atoms with E-state index in [0.29, 0.717) is 22.2 Å². The molecule has 2 aliphatic heterocycles. The Balaban J connectivity index is 1.52. The molecular formula is C27H26N2O3S. The fourth-order valence-corrected chi connectivity index (χ4v) is 5.36. The summed E-state index contributed by atoms with van der Waals surface area (Å²) in [6.45, 7) is 4.24. The highest BCUT2D eigenvalue weighted by Gasteiger charge is 2.48. The molecule has 0 amide bonds. The molecule has 5 rings (SSSR count). The highest BCUT2D eigenvalue weighted by atomic mass is 32.1. The number of fused-ring (bicyclic) bond motifs is 1. The average molecular weight is 459 g/mol. The van der Waals surface area contributed by atoms with Gasteiger partial charge in [-0.1, -0.05) is 54.6 Å². The van der Waals surface area contributed by atoms with Crippen molar-refractivity contribution in [2.75, 3.05) is 0 Å². The van der Waals surface area contributed by atoms with Gasteiger partial charge in [0.05, 0.1) is 5.56 Å². The highest BCUT2D eigenvalue weighted by molar-refractivity contribution is 7.80. The largest absolute Gasteiger partial charge is 0.468 e.